The van der Waals surface area contributed by atoms with Crippen LogP contribution in [0.4, 0.5) is 5.69 Å². The maximum Gasteiger partial charge on any atom is 0.0631 e. The fourth-order valence-corrected chi connectivity index (χ4v) is 3.41. The van der Waals surface area contributed by atoms with E-state index in [1.807, 2.05) is 0 Å². The molecule has 1 aliphatic rings. The first-order valence-electron chi connectivity index (χ1n) is 9.85. The molecule has 142 valence electrons. The number of hydrogen-bond donors (Lipinski definition) is 0. The van der Waals surface area contributed by atoms with Crippen molar-refractivity contribution in [2.75, 3.05) is 5.01 Å². The normalized spacial score (nSPS) is 18.2. The lowest BCUT2D eigenvalue weighted by Gasteiger charge is -2.34. The van der Waals surface area contributed by atoms with Gasteiger partial charge in [0.1, 0.15) is 0 Å². The van der Waals surface area contributed by atoms with E-state index in [2.05, 4.69) is 113 Å². The number of rotatable bonds is 3. The van der Waals surface area contributed by atoms with Gasteiger partial charge in [-0.1, -0.05) is 90.1 Å². The molecule has 1 atom stereocenters. The molecule has 0 spiro atoms. The Labute approximate surface area is 164 Å². The van der Waals surface area contributed by atoms with Crippen LogP contribution in [0, 0.1) is 5.41 Å². The Bertz CT molecular complexity index is 815. The van der Waals surface area contributed by atoms with E-state index in [1.165, 1.54) is 11.1 Å². The SMILES string of the molecule is CC(C)(C)c1ccc(C=CC2=NN(c3ccccc3)C(C(C)(C)C)C2)cc1. The molecule has 0 bridgehead atoms. The van der Waals surface area contributed by atoms with Gasteiger partial charge in [-0.2, -0.15) is 5.10 Å². The summed E-state index contributed by atoms with van der Waals surface area (Å²) in [7, 11) is 0. The average Bonchev–Trinajstić information content (AvgIpc) is 3.05. The molecule has 2 aromatic carbocycles. The highest BCUT2D eigenvalue weighted by molar-refractivity contribution is 6.01. The number of para-hydroxylation sites is 1. The molecule has 0 N–H and O–H groups in total. The van der Waals surface area contributed by atoms with E-state index >= 15 is 0 Å². The summed E-state index contributed by atoms with van der Waals surface area (Å²) < 4.78 is 0. The maximum absolute atomic E-state index is 4.94. The molecule has 0 radical (unpaired) electrons. The fourth-order valence-electron chi connectivity index (χ4n) is 3.41. The summed E-state index contributed by atoms with van der Waals surface area (Å²) in [6, 6.07) is 19.7. The van der Waals surface area contributed by atoms with Crippen LogP contribution in [-0.4, -0.2) is 11.8 Å². The molecule has 3 rings (SSSR count). The molecule has 1 unspecified atom stereocenters. The Balaban J connectivity index is 1.81. The number of allylic oxidation sites excluding steroid dienone is 1. The molecule has 0 fully saturated rings. The van der Waals surface area contributed by atoms with Crippen LogP contribution in [0.1, 0.15) is 59.1 Å². The molecule has 2 nitrogen and oxygen atoms in total. The molecule has 27 heavy (non-hydrogen) atoms. The second-order valence-electron chi connectivity index (χ2n) is 9.56. The molecule has 1 heterocycles. The standard InChI is InChI=1S/C25H32N2/c1-24(2,3)20-15-12-19(13-16-20)14-17-21-18-23(25(4,5)6)27(26-21)22-10-8-7-9-11-22/h7-17,23H,18H2,1-6H3. The molecular formula is C25H32N2. The van der Waals surface area contributed by atoms with Crippen LogP contribution < -0.4 is 5.01 Å². The molecule has 1 aliphatic heterocycles. The first kappa shape index (κ1) is 19.4. The van der Waals surface area contributed by atoms with Gasteiger partial charge in [0, 0.05) is 6.42 Å². The number of hydrazone groups is 1. The van der Waals surface area contributed by atoms with Crippen molar-refractivity contribution >= 4 is 17.5 Å². The van der Waals surface area contributed by atoms with E-state index < -0.39 is 0 Å². The highest BCUT2D eigenvalue weighted by Crippen LogP contribution is 2.35. The van der Waals surface area contributed by atoms with E-state index in [4.69, 9.17) is 5.10 Å². The summed E-state index contributed by atoms with van der Waals surface area (Å²) in [5.41, 5.74) is 5.23. The van der Waals surface area contributed by atoms with Gasteiger partial charge >= 0.3 is 0 Å². The zero-order valence-corrected chi connectivity index (χ0v) is 17.5. The Morgan fingerprint density at radius 1 is 0.852 bits per heavy atom. The largest absolute Gasteiger partial charge is 0.261 e. The predicted octanol–water partition coefficient (Wildman–Crippen LogP) is 6.68. The third-order valence-electron chi connectivity index (χ3n) is 5.20. The lowest BCUT2D eigenvalue weighted by atomic mass is 9.83. The first-order valence-corrected chi connectivity index (χ1v) is 9.85. The minimum atomic E-state index is 0.156. The summed E-state index contributed by atoms with van der Waals surface area (Å²) >= 11 is 0. The van der Waals surface area contributed by atoms with Gasteiger partial charge in [0.2, 0.25) is 0 Å². The topological polar surface area (TPSA) is 15.6 Å². The Morgan fingerprint density at radius 3 is 2.04 bits per heavy atom. The minimum absolute atomic E-state index is 0.156. The molecular weight excluding hydrogens is 328 g/mol. The number of benzene rings is 2. The van der Waals surface area contributed by atoms with E-state index in [1.54, 1.807) is 0 Å². The van der Waals surface area contributed by atoms with Crippen LogP contribution in [0.25, 0.3) is 6.08 Å². The van der Waals surface area contributed by atoms with Crippen molar-refractivity contribution in [3.8, 4) is 0 Å². The molecule has 0 aliphatic carbocycles. The van der Waals surface area contributed by atoms with Crippen molar-refractivity contribution in [3.63, 3.8) is 0 Å². The summed E-state index contributed by atoms with van der Waals surface area (Å²) in [5, 5.41) is 7.14. The van der Waals surface area contributed by atoms with Gasteiger partial charge in [-0.25, -0.2) is 0 Å². The maximum atomic E-state index is 4.94. The van der Waals surface area contributed by atoms with Gasteiger partial charge in [-0.3, -0.25) is 5.01 Å². The van der Waals surface area contributed by atoms with Crippen LogP contribution in [0.15, 0.2) is 65.8 Å². The number of hydrogen-bond acceptors (Lipinski definition) is 2. The monoisotopic (exact) mass is 360 g/mol. The fraction of sp³-hybridized carbons (Fsp3) is 0.400. The average molecular weight is 361 g/mol. The lowest BCUT2D eigenvalue weighted by molar-refractivity contribution is 0.321. The van der Waals surface area contributed by atoms with Crippen molar-refractivity contribution < 1.29 is 0 Å². The van der Waals surface area contributed by atoms with Gasteiger partial charge in [0.05, 0.1) is 17.4 Å². The smallest absolute Gasteiger partial charge is 0.0631 e. The third-order valence-corrected chi connectivity index (χ3v) is 5.20. The zero-order valence-electron chi connectivity index (χ0n) is 17.5. The van der Waals surface area contributed by atoms with E-state index in [0.29, 0.717) is 6.04 Å². The van der Waals surface area contributed by atoms with Crippen LogP contribution >= 0.6 is 0 Å². The van der Waals surface area contributed by atoms with Gasteiger partial charge in [-0.05, 0) is 40.2 Å². The minimum Gasteiger partial charge on any atom is -0.261 e. The van der Waals surface area contributed by atoms with E-state index in [-0.39, 0.29) is 10.8 Å². The lowest BCUT2D eigenvalue weighted by Crippen LogP contribution is -2.38. The van der Waals surface area contributed by atoms with Gasteiger partial charge in [0.25, 0.3) is 0 Å². The van der Waals surface area contributed by atoms with Crippen molar-refractivity contribution in [2.45, 2.75) is 59.4 Å². The Hall–Kier alpha value is -2.35. The van der Waals surface area contributed by atoms with Crippen LogP contribution in [0.2, 0.25) is 0 Å². The molecule has 2 aromatic rings. The molecule has 0 aromatic heterocycles. The summed E-state index contributed by atoms with van der Waals surface area (Å²) in [5.74, 6) is 0. The van der Waals surface area contributed by atoms with Crippen LogP contribution in [-0.2, 0) is 5.41 Å². The zero-order chi connectivity index (χ0) is 19.7. The second kappa shape index (κ2) is 7.34. The summed E-state index contributed by atoms with van der Waals surface area (Å²) in [6.07, 6.45) is 5.32. The number of nitrogens with zero attached hydrogens (tertiary/aromatic N) is 2. The van der Waals surface area contributed by atoms with Crippen molar-refractivity contribution in [1.29, 1.82) is 0 Å². The third kappa shape index (κ3) is 4.68. The summed E-state index contributed by atoms with van der Waals surface area (Å²) in [4.78, 5) is 0. The summed E-state index contributed by atoms with van der Waals surface area (Å²) in [6.45, 7) is 13.6. The van der Waals surface area contributed by atoms with Crippen LogP contribution in [0.5, 0.6) is 0 Å². The Morgan fingerprint density at radius 2 is 1.48 bits per heavy atom. The van der Waals surface area contributed by atoms with Gasteiger partial charge in [0.15, 0.2) is 0 Å². The predicted molar refractivity (Wildman–Crippen MR) is 118 cm³/mol. The first-order chi connectivity index (χ1) is 12.6. The molecule has 0 saturated carbocycles. The quantitative estimate of drug-likeness (QED) is 0.596. The van der Waals surface area contributed by atoms with Gasteiger partial charge in [-0.15, -0.1) is 0 Å². The van der Waals surface area contributed by atoms with Crippen LogP contribution in [0.3, 0.4) is 0 Å². The molecule has 0 amide bonds. The number of anilines is 1. The Kier molecular flexibility index (Phi) is 5.28. The van der Waals surface area contributed by atoms with Crippen molar-refractivity contribution in [3.05, 3.63) is 71.8 Å². The van der Waals surface area contributed by atoms with E-state index in [9.17, 15) is 0 Å². The van der Waals surface area contributed by atoms with Crippen molar-refractivity contribution in [2.24, 2.45) is 10.5 Å². The molecule has 2 heteroatoms. The van der Waals surface area contributed by atoms with Crippen molar-refractivity contribution in [1.82, 2.24) is 0 Å². The second-order valence-corrected chi connectivity index (χ2v) is 9.56. The highest BCUT2D eigenvalue weighted by atomic mass is 15.5. The van der Waals surface area contributed by atoms with Gasteiger partial charge < -0.3 is 0 Å². The molecule has 0 saturated heterocycles. The highest BCUT2D eigenvalue weighted by Gasteiger charge is 2.35. The van der Waals surface area contributed by atoms with E-state index in [0.717, 1.165) is 17.8 Å².